The van der Waals surface area contributed by atoms with Crippen molar-refractivity contribution in [2.45, 2.75) is 25.9 Å². The maximum Gasteiger partial charge on any atom is 0.277 e. The van der Waals surface area contributed by atoms with E-state index in [0.717, 1.165) is 5.56 Å². The molecule has 2 rings (SSSR count). The molecular formula is C14H20N4O4S. The molecule has 9 heteroatoms. The Balaban J connectivity index is 1.90. The minimum Gasteiger partial charge on any atom is -0.384 e. The molecule has 0 radical (unpaired) electrons. The second-order valence-electron chi connectivity index (χ2n) is 4.94. The van der Waals surface area contributed by atoms with Crippen LogP contribution in [0.4, 0.5) is 0 Å². The molecule has 0 aliphatic heterocycles. The molecule has 1 aromatic carbocycles. The number of benzene rings is 1. The van der Waals surface area contributed by atoms with Crippen LogP contribution in [-0.2, 0) is 27.9 Å². The lowest BCUT2D eigenvalue weighted by atomic mass is 10.2. The fourth-order valence-corrected chi connectivity index (χ4v) is 2.84. The van der Waals surface area contributed by atoms with E-state index in [-0.39, 0.29) is 12.4 Å². The van der Waals surface area contributed by atoms with Crippen molar-refractivity contribution in [1.29, 1.82) is 0 Å². The van der Waals surface area contributed by atoms with E-state index >= 15 is 0 Å². The van der Waals surface area contributed by atoms with Gasteiger partial charge in [0.2, 0.25) is 5.89 Å². The van der Waals surface area contributed by atoms with Crippen LogP contribution in [0.2, 0.25) is 0 Å². The van der Waals surface area contributed by atoms with Crippen LogP contribution in [0.25, 0.3) is 0 Å². The van der Waals surface area contributed by atoms with Crippen LogP contribution in [0, 0.1) is 0 Å². The molecule has 0 spiro atoms. The summed E-state index contributed by atoms with van der Waals surface area (Å²) in [6.07, 6.45) is 0.506. The Morgan fingerprint density at radius 2 is 2.04 bits per heavy atom. The lowest BCUT2D eigenvalue weighted by Gasteiger charge is -2.11. The van der Waals surface area contributed by atoms with Gasteiger partial charge in [-0.3, -0.25) is 0 Å². The zero-order valence-corrected chi connectivity index (χ0v) is 13.8. The van der Waals surface area contributed by atoms with E-state index in [1.807, 2.05) is 30.3 Å². The quantitative estimate of drug-likeness (QED) is 0.704. The molecule has 0 unspecified atom stereocenters. The van der Waals surface area contributed by atoms with Crippen molar-refractivity contribution in [2.75, 3.05) is 13.7 Å². The van der Waals surface area contributed by atoms with E-state index in [2.05, 4.69) is 19.6 Å². The molecule has 0 aliphatic rings. The van der Waals surface area contributed by atoms with Crippen molar-refractivity contribution >= 4 is 10.2 Å². The van der Waals surface area contributed by atoms with Gasteiger partial charge in [-0.1, -0.05) is 35.5 Å². The van der Waals surface area contributed by atoms with Gasteiger partial charge < -0.3 is 9.26 Å². The molecule has 1 atom stereocenters. The van der Waals surface area contributed by atoms with E-state index in [1.54, 1.807) is 14.0 Å². The molecular weight excluding hydrogens is 320 g/mol. The second kappa shape index (κ2) is 8.16. The summed E-state index contributed by atoms with van der Waals surface area (Å²) in [6.45, 7) is 2.30. The maximum atomic E-state index is 12.0. The van der Waals surface area contributed by atoms with Crippen LogP contribution in [0.3, 0.4) is 0 Å². The first-order chi connectivity index (χ1) is 11.0. The zero-order chi connectivity index (χ0) is 16.7. The molecule has 0 fully saturated rings. The van der Waals surface area contributed by atoms with Crippen molar-refractivity contribution in [1.82, 2.24) is 19.6 Å². The molecule has 0 saturated carbocycles. The van der Waals surface area contributed by atoms with E-state index in [0.29, 0.717) is 18.9 Å². The van der Waals surface area contributed by atoms with Crippen LogP contribution >= 0.6 is 0 Å². The molecule has 2 aromatic rings. The third kappa shape index (κ3) is 5.71. The number of aromatic nitrogens is 2. The summed E-state index contributed by atoms with van der Waals surface area (Å²) < 4.78 is 39.0. The van der Waals surface area contributed by atoms with Gasteiger partial charge in [0.05, 0.1) is 12.6 Å². The Labute approximate surface area is 135 Å². The van der Waals surface area contributed by atoms with E-state index < -0.39 is 16.3 Å². The third-order valence-electron chi connectivity index (χ3n) is 3.03. The number of hydrogen-bond donors (Lipinski definition) is 2. The van der Waals surface area contributed by atoms with Crippen LogP contribution in [0.15, 0.2) is 34.9 Å². The van der Waals surface area contributed by atoms with Gasteiger partial charge in [-0.15, -0.1) is 0 Å². The van der Waals surface area contributed by atoms with Gasteiger partial charge in [0, 0.05) is 20.1 Å². The lowest BCUT2D eigenvalue weighted by molar-refractivity contribution is 0.199. The number of methoxy groups -OCH3 is 1. The fourth-order valence-electron chi connectivity index (χ4n) is 1.84. The average molecular weight is 340 g/mol. The average Bonchev–Trinajstić information content (AvgIpc) is 3.01. The first-order valence-electron chi connectivity index (χ1n) is 7.12. The van der Waals surface area contributed by atoms with E-state index in [1.165, 1.54) is 0 Å². The van der Waals surface area contributed by atoms with E-state index in [9.17, 15) is 8.42 Å². The first kappa shape index (κ1) is 17.5. The molecule has 0 aliphatic carbocycles. The standard InChI is InChI=1S/C14H20N4O4S/c1-11(14-16-13(17-22-14)8-9-21-2)18-23(19,20)15-10-12-6-4-3-5-7-12/h3-7,11,15,18H,8-10H2,1-2H3/t11-/m1/s1. The summed E-state index contributed by atoms with van der Waals surface area (Å²) in [6, 6.07) is 8.61. The Morgan fingerprint density at radius 3 is 2.74 bits per heavy atom. The number of nitrogens with zero attached hydrogens (tertiary/aromatic N) is 2. The lowest BCUT2D eigenvalue weighted by Crippen LogP contribution is -2.37. The number of nitrogens with one attached hydrogen (secondary N) is 2. The molecule has 1 heterocycles. The molecule has 2 N–H and O–H groups in total. The Hall–Kier alpha value is -1.81. The highest BCUT2D eigenvalue weighted by atomic mass is 32.2. The van der Waals surface area contributed by atoms with Crippen molar-refractivity contribution < 1.29 is 17.7 Å². The molecule has 0 bridgehead atoms. The molecule has 0 amide bonds. The van der Waals surface area contributed by atoms with Gasteiger partial charge in [-0.25, -0.2) is 0 Å². The van der Waals surface area contributed by atoms with Gasteiger partial charge in [0.25, 0.3) is 10.2 Å². The van der Waals surface area contributed by atoms with Crippen molar-refractivity contribution in [3.63, 3.8) is 0 Å². The van der Waals surface area contributed by atoms with Crippen LogP contribution in [0.5, 0.6) is 0 Å². The smallest absolute Gasteiger partial charge is 0.277 e. The Bertz CT molecular complexity index is 703. The second-order valence-corrected chi connectivity index (χ2v) is 6.47. The molecule has 8 nitrogen and oxygen atoms in total. The van der Waals surface area contributed by atoms with Crippen LogP contribution in [0.1, 0.15) is 30.2 Å². The van der Waals surface area contributed by atoms with Crippen molar-refractivity contribution in [3.05, 3.63) is 47.6 Å². The SMILES string of the molecule is COCCc1noc([C@@H](C)NS(=O)(=O)NCc2ccccc2)n1. The van der Waals surface area contributed by atoms with Gasteiger partial charge in [0.1, 0.15) is 0 Å². The molecule has 126 valence electrons. The predicted molar refractivity (Wildman–Crippen MR) is 83.6 cm³/mol. The summed E-state index contributed by atoms with van der Waals surface area (Å²) >= 11 is 0. The van der Waals surface area contributed by atoms with Crippen LogP contribution < -0.4 is 9.44 Å². The molecule has 1 aromatic heterocycles. The van der Waals surface area contributed by atoms with Gasteiger partial charge in [0.15, 0.2) is 5.82 Å². The van der Waals surface area contributed by atoms with Crippen LogP contribution in [-0.4, -0.2) is 32.3 Å². The summed E-state index contributed by atoms with van der Waals surface area (Å²) in [4.78, 5) is 4.14. The van der Waals surface area contributed by atoms with Gasteiger partial charge in [-0.05, 0) is 12.5 Å². The summed E-state index contributed by atoms with van der Waals surface area (Å²) in [5.74, 6) is 0.686. The first-order valence-corrected chi connectivity index (χ1v) is 8.61. The van der Waals surface area contributed by atoms with Crippen molar-refractivity contribution in [3.8, 4) is 0 Å². The Morgan fingerprint density at radius 1 is 1.30 bits per heavy atom. The number of ether oxygens (including phenoxy) is 1. The highest BCUT2D eigenvalue weighted by Gasteiger charge is 2.20. The summed E-state index contributed by atoms with van der Waals surface area (Å²) in [5, 5.41) is 3.78. The topological polar surface area (TPSA) is 106 Å². The number of rotatable bonds is 9. The molecule has 0 saturated heterocycles. The number of hydrogen-bond acceptors (Lipinski definition) is 6. The fraction of sp³-hybridized carbons (Fsp3) is 0.429. The summed E-state index contributed by atoms with van der Waals surface area (Å²) in [5.41, 5.74) is 0.866. The minimum atomic E-state index is -3.69. The zero-order valence-electron chi connectivity index (χ0n) is 13.0. The Kier molecular flexibility index (Phi) is 6.22. The predicted octanol–water partition coefficient (Wildman–Crippen LogP) is 0.944. The van der Waals surface area contributed by atoms with Gasteiger partial charge >= 0.3 is 0 Å². The normalized spacial score (nSPS) is 13.1. The highest BCUT2D eigenvalue weighted by molar-refractivity contribution is 7.87. The largest absolute Gasteiger partial charge is 0.384 e. The molecule has 23 heavy (non-hydrogen) atoms. The van der Waals surface area contributed by atoms with E-state index in [4.69, 9.17) is 9.26 Å². The van der Waals surface area contributed by atoms with Crippen molar-refractivity contribution in [2.24, 2.45) is 0 Å². The van der Waals surface area contributed by atoms with Gasteiger partial charge in [-0.2, -0.15) is 22.8 Å². The highest BCUT2D eigenvalue weighted by Crippen LogP contribution is 2.11. The maximum absolute atomic E-state index is 12.0. The third-order valence-corrected chi connectivity index (χ3v) is 4.21. The summed E-state index contributed by atoms with van der Waals surface area (Å²) in [7, 11) is -2.11. The monoisotopic (exact) mass is 340 g/mol. The minimum absolute atomic E-state index is 0.200.